The lowest BCUT2D eigenvalue weighted by Crippen LogP contribution is -2.55. The predicted octanol–water partition coefficient (Wildman–Crippen LogP) is 0.627. The highest BCUT2D eigenvalue weighted by Crippen LogP contribution is 2.34. The van der Waals surface area contributed by atoms with Gasteiger partial charge in [0.15, 0.2) is 0 Å². The van der Waals surface area contributed by atoms with Gasteiger partial charge in [0.05, 0.1) is 5.92 Å². The van der Waals surface area contributed by atoms with Crippen LogP contribution in [0.4, 0.5) is 0 Å². The Morgan fingerprint density at radius 2 is 2.44 bits per heavy atom. The lowest BCUT2D eigenvalue weighted by atomic mass is 9.90. The van der Waals surface area contributed by atoms with Crippen molar-refractivity contribution in [3.05, 3.63) is 0 Å². The van der Waals surface area contributed by atoms with Gasteiger partial charge in [-0.05, 0) is 12.8 Å². The molecule has 2 atom stereocenters. The Bertz CT molecular complexity index is 155. The second-order valence-corrected chi connectivity index (χ2v) is 3.03. The maximum absolute atomic E-state index is 11.0. The fourth-order valence-corrected chi connectivity index (χ4v) is 1.93. The SMILES string of the molecule is C[C@@H]1C(=O)N2CCC[C@@H]12. The van der Waals surface area contributed by atoms with Crippen molar-refractivity contribution in [1.29, 1.82) is 0 Å². The normalized spacial score (nSPS) is 40.6. The Labute approximate surface area is 54.8 Å². The van der Waals surface area contributed by atoms with E-state index >= 15 is 0 Å². The van der Waals surface area contributed by atoms with Gasteiger partial charge in [0.25, 0.3) is 0 Å². The van der Waals surface area contributed by atoms with Crippen LogP contribution < -0.4 is 0 Å². The van der Waals surface area contributed by atoms with Crippen LogP contribution in [0, 0.1) is 5.92 Å². The van der Waals surface area contributed by atoms with E-state index in [0.29, 0.717) is 17.9 Å². The van der Waals surface area contributed by atoms with Crippen molar-refractivity contribution in [3.63, 3.8) is 0 Å². The predicted molar refractivity (Wildman–Crippen MR) is 33.9 cm³/mol. The number of fused-ring (bicyclic) bond motifs is 1. The molecular weight excluding hydrogens is 114 g/mol. The molecule has 0 unspecified atom stereocenters. The first-order chi connectivity index (χ1) is 4.30. The van der Waals surface area contributed by atoms with Crippen molar-refractivity contribution >= 4 is 5.91 Å². The summed E-state index contributed by atoms with van der Waals surface area (Å²) in [5.41, 5.74) is 0. The molecule has 2 aliphatic heterocycles. The van der Waals surface area contributed by atoms with Crippen LogP contribution >= 0.6 is 0 Å². The molecule has 0 aliphatic carbocycles. The molecule has 50 valence electrons. The molecule has 0 saturated carbocycles. The molecule has 9 heavy (non-hydrogen) atoms. The minimum absolute atomic E-state index is 0.340. The van der Waals surface area contributed by atoms with Crippen LogP contribution in [0.2, 0.25) is 0 Å². The van der Waals surface area contributed by atoms with Crippen LogP contribution in [-0.4, -0.2) is 23.4 Å². The fourth-order valence-electron chi connectivity index (χ4n) is 1.93. The summed E-state index contributed by atoms with van der Waals surface area (Å²) in [6.07, 6.45) is 2.47. The molecule has 2 aliphatic rings. The number of amides is 1. The van der Waals surface area contributed by atoms with Crippen LogP contribution in [0.1, 0.15) is 19.8 Å². The molecule has 2 heteroatoms. The van der Waals surface area contributed by atoms with Crippen LogP contribution in [0.25, 0.3) is 0 Å². The van der Waals surface area contributed by atoms with E-state index in [2.05, 4.69) is 0 Å². The topological polar surface area (TPSA) is 20.3 Å². The first-order valence-electron chi connectivity index (χ1n) is 3.61. The van der Waals surface area contributed by atoms with Crippen LogP contribution in [0.3, 0.4) is 0 Å². The smallest absolute Gasteiger partial charge is 0.227 e. The standard InChI is InChI=1S/C7H11NO/c1-5-6-3-2-4-8(6)7(5)9/h5-6H,2-4H2,1H3/t5-,6-/m0/s1. The van der Waals surface area contributed by atoms with Gasteiger partial charge in [-0.2, -0.15) is 0 Å². The molecule has 2 heterocycles. The summed E-state index contributed by atoms with van der Waals surface area (Å²) >= 11 is 0. The Balaban J connectivity index is 2.14. The Morgan fingerprint density at radius 3 is 3.11 bits per heavy atom. The second-order valence-electron chi connectivity index (χ2n) is 3.03. The number of β-lactam (4-membered cyclic amide) rings is 1. The van der Waals surface area contributed by atoms with Gasteiger partial charge in [-0.1, -0.05) is 6.92 Å². The maximum atomic E-state index is 11.0. The highest BCUT2D eigenvalue weighted by Gasteiger charge is 2.46. The van der Waals surface area contributed by atoms with E-state index in [1.54, 1.807) is 0 Å². The van der Waals surface area contributed by atoms with Crippen LogP contribution in [0.15, 0.2) is 0 Å². The van der Waals surface area contributed by atoms with Crippen molar-refractivity contribution in [1.82, 2.24) is 4.90 Å². The monoisotopic (exact) mass is 125 g/mol. The van der Waals surface area contributed by atoms with Gasteiger partial charge < -0.3 is 4.90 Å². The Morgan fingerprint density at radius 1 is 1.67 bits per heavy atom. The highest BCUT2D eigenvalue weighted by molar-refractivity contribution is 5.86. The highest BCUT2D eigenvalue weighted by atomic mass is 16.2. The van der Waals surface area contributed by atoms with E-state index in [1.165, 1.54) is 12.8 Å². The molecule has 0 bridgehead atoms. The van der Waals surface area contributed by atoms with Crippen molar-refractivity contribution in [2.24, 2.45) is 5.92 Å². The summed E-state index contributed by atoms with van der Waals surface area (Å²) in [6, 6.07) is 0.623. The van der Waals surface area contributed by atoms with Gasteiger partial charge in [-0.25, -0.2) is 0 Å². The lowest BCUT2D eigenvalue weighted by Gasteiger charge is -2.40. The first-order valence-corrected chi connectivity index (χ1v) is 3.61. The molecule has 2 fully saturated rings. The van der Waals surface area contributed by atoms with Gasteiger partial charge >= 0.3 is 0 Å². The summed E-state index contributed by atoms with van der Waals surface area (Å²) in [7, 11) is 0. The third-order valence-corrected chi connectivity index (χ3v) is 2.55. The van der Waals surface area contributed by atoms with E-state index in [9.17, 15) is 4.79 Å². The van der Waals surface area contributed by atoms with Gasteiger partial charge in [-0.3, -0.25) is 4.79 Å². The summed E-state index contributed by atoms with van der Waals surface area (Å²) < 4.78 is 0. The fraction of sp³-hybridized carbons (Fsp3) is 0.857. The van der Waals surface area contributed by atoms with Gasteiger partial charge in [-0.15, -0.1) is 0 Å². The summed E-state index contributed by atoms with van der Waals surface area (Å²) in [4.78, 5) is 13.0. The van der Waals surface area contributed by atoms with Crippen molar-refractivity contribution < 1.29 is 4.79 Å². The molecule has 0 aromatic heterocycles. The number of carbonyl (C=O) groups excluding carboxylic acids is 1. The lowest BCUT2D eigenvalue weighted by molar-refractivity contribution is -0.150. The van der Waals surface area contributed by atoms with Crippen molar-refractivity contribution in [3.8, 4) is 0 Å². The maximum Gasteiger partial charge on any atom is 0.227 e. The molecule has 0 radical (unpaired) electrons. The zero-order valence-corrected chi connectivity index (χ0v) is 5.63. The van der Waals surface area contributed by atoms with E-state index in [1.807, 2.05) is 11.8 Å². The van der Waals surface area contributed by atoms with Gasteiger partial charge in [0.1, 0.15) is 0 Å². The summed E-state index contributed by atoms with van der Waals surface area (Å²) in [6.45, 7) is 3.06. The van der Waals surface area contributed by atoms with Gasteiger partial charge in [0.2, 0.25) is 5.91 Å². The minimum atomic E-state index is 0.340. The summed E-state index contributed by atoms with van der Waals surface area (Å²) in [5.74, 6) is 0.713. The average Bonchev–Trinajstić information content (AvgIpc) is 2.30. The molecule has 2 rings (SSSR count). The van der Waals surface area contributed by atoms with E-state index in [4.69, 9.17) is 0 Å². The Kier molecular flexibility index (Phi) is 0.875. The molecule has 0 aromatic carbocycles. The van der Waals surface area contributed by atoms with E-state index in [-0.39, 0.29) is 0 Å². The number of hydrogen-bond acceptors (Lipinski definition) is 1. The number of nitrogens with zero attached hydrogens (tertiary/aromatic N) is 1. The van der Waals surface area contributed by atoms with E-state index < -0.39 is 0 Å². The zero-order valence-electron chi connectivity index (χ0n) is 5.63. The first kappa shape index (κ1) is 5.27. The van der Waals surface area contributed by atoms with Crippen LogP contribution in [-0.2, 0) is 4.79 Å². The molecule has 0 N–H and O–H groups in total. The van der Waals surface area contributed by atoms with Crippen LogP contribution in [0.5, 0.6) is 0 Å². The minimum Gasteiger partial charge on any atom is -0.339 e. The largest absolute Gasteiger partial charge is 0.339 e. The molecular formula is C7H11NO. The third kappa shape index (κ3) is 0.485. The number of hydrogen-bond donors (Lipinski definition) is 0. The molecule has 1 amide bonds. The van der Waals surface area contributed by atoms with E-state index in [0.717, 1.165) is 6.54 Å². The Hall–Kier alpha value is -0.530. The number of carbonyl (C=O) groups is 1. The quantitative estimate of drug-likeness (QED) is 0.435. The molecule has 2 nitrogen and oxygen atoms in total. The van der Waals surface area contributed by atoms with Crippen molar-refractivity contribution in [2.45, 2.75) is 25.8 Å². The summed E-state index contributed by atoms with van der Waals surface area (Å²) in [5, 5.41) is 0. The average molecular weight is 125 g/mol. The van der Waals surface area contributed by atoms with Crippen molar-refractivity contribution in [2.75, 3.05) is 6.54 Å². The molecule has 0 spiro atoms. The number of rotatable bonds is 0. The molecule has 2 saturated heterocycles. The van der Waals surface area contributed by atoms with Gasteiger partial charge in [0, 0.05) is 12.6 Å². The molecule has 0 aromatic rings. The second kappa shape index (κ2) is 1.49. The third-order valence-electron chi connectivity index (χ3n) is 2.55. The zero-order chi connectivity index (χ0) is 6.43.